The molecule has 296 valence electrons. The van der Waals surface area contributed by atoms with E-state index in [0.29, 0.717) is 0 Å². The van der Waals surface area contributed by atoms with Crippen LogP contribution >= 0.6 is 0 Å². The van der Waals surface area contributed by atoms with Gasteiger partial charge in [0.2, 0.25) is 0 Å². The van der Waals surface area contributed by atoms with Gasteiger partial charge in [0.25, 0.3) is 0 Å². The Morgan fingerprint density at radius 2 is 0.931 bits per heavy atom. The Labute approximate surface area is 333 Å². The Morgan fingerprint density at radius 3 is 1.38 bits per heavy atom. The fourth-order valence-electron chi connectivity index (χ4n) is 4.73. The van der Waals surface area contributed by atoms with Gasteiger partial charge in [-0.05, 0) is 59.7 Å². The minimum atomic E-state index is -1.05. The SMILES string of the molecule is COC(=O)C=Cc1ccccc1.COC(=O)c1cc(OC(=O)c2cccc(N)c2)c(C(=O)OCCOC(=O)C=Cc2ccccc2)cc1OC(=O)c1cccc(N)c1. The zero-order valence-corrected chi connectivity index (χ0v) is 31.3. The van der Waals surface area contributed by atoms with Gasteiger partial charge in [0.05, 0.1) is 25.3 Å². The first-order chi connectivity index (χ1) is 28.0. The molecule has 0 aliphatic heterocycles. The molecule has 0 heterocycles. The maximum atomic E-state index is 13.2. The van der Waals surface area contributed by atoms with Crippen LogP contribution in [0, 0.1) is 0 Å². The van der Waals surface area contributed by atoms with Crippen molar-refractivity contribution in [2.75, 3.05) is 38.9 Å². The van der Waals surface area contributed by atoms with E-state index < -0.39 is 46.9 Å². The summed E-state index contributed by atoms with van der Waals surface area (Å²) in [4.78, 5) is 74.5. The van der Waals surface area contributed by atoms with Gasteiger partial charge in [-0.1, -0.05) is 72.8 Å². The second-order valence-electron chi connectivity index (χ2n) is 11.7. The lowest BCUT2D eigenvalue weighted by Crippen LogP contribution is -2.18. The Kier molecular flexibility index (Phi) is 16.0. The second-order valence-corrected chi connectivity index (χ2v) is 11.7. The summed E-state index contributed by atoms with van der Waals surface area (Å²) in [6, 6.07) is 32.4. The molecule has 0 radical (unpaired) electrons. The molecule has 0 unspecified atom stereocenters. The molecule has 0 saturated carbocycles. The molecule has 5 aromatic rings. The molecule has 0 aliphatic rings. The highest BCUT2D eigenvalue weighted by Gasteiger charge is 2.26. The predicted octanol–water partition coefficient (Wildman–Crippen LogP) is 6.36. The first-order valence-electron chi connectivity index (χ1n) is 17.3. The van der Waals surface area contributed by atoms with Crippen LogP contribution in [0.25, 0.3) is 12.2 Å². The quantitative estimate of drug-likeness (QED) is 0.0332. The third-order valence-electron chi connectivity index (χ3n) is 7.54. The van der Waals surface area contributed by atoms with Crippen LogP contribution in [0.3, 0.4) is 0 Å². The van der Waals surface area contributed by atoms with E-state index in [1.54, 1.807) is 36.4 Å². The van der Waals surface area contributed by atoms with Crippen LogP contribution in [0.1, 0.15) is 52.6 Å². The topological polar surface area (TPSA) is 210 Å². The Morgan fingerprint density at radius 1 is 0.483 bits per heavy atom. The Bertz CT molecular complexity index is 2300. The number of ether oxygens (including phenoxy) is 6. The van der Waals surface area contributed by atoms with Crippen LogP contribution < -0.4 is 20.9 Å². The summed E-state index contributed by atoms with van der Waals surface area (Å²) in [7, 11) is 2.44. The number of esters is 6. The molecular formula is C44H38N2O12. The van der Waals surface area contributed by atoms with Gasteiger partial charge in [0, 0.05) is 35.7 Å². The van der Waals surface area contributed by atoms with Crippen LogP contribution in [-0.4, -0.2) is 63.2 Å². The molecular weight excluding hydrogens is 748 g/mol. The molecule has 0 fully saturated rings. The summed E-state index contributed by atoms with van der Waals surface area (Å²) in [6.45, 7) is -0.691. The Hall–Kier alpha value is -8.00. The third-order valence-corrected chi connectivity index (χ3v) is 7.54. The smallest absolute Gasteiger partial charge is 0.343 e. The van der Waals surface area contributed by atoms with Crippen molar-refractivity contribution >= 4 is 59.3 Å². The molecule has 0 saturated heterocycles. The summed E-state index contributed by atoms with van der Waals surface area (Å²) < 4.78 is 30.5. The normalized spacial score (nSPS) is 10.4. The maximum Gasteiger partial charge on any atom is 0.343 e. The van der Waals surface area contributed by atoms with Crippen molar-refractivity contribution in [1.82, 2.24) is 0 Å². The van der Waals surface area contributed by atoms with Crippen molar-refractivity contribution < 1.29 is 57.2 Å². The van der Waals surface area contributed by atoms with E-state index in [4.69, 9.17) is 35.2 Å². The lowest BCUT2D eigenvalue weighted by Gasteiger charge is -2.15. The summed E-state index contributed by atoms with van der Waals surface area (Å²) >= 11 is 0. The van der Waals surface area contributed by atoms with E-state index in [-0.39, 0.29) is 47.2 Å². The standard InChI is InChI=1S/C34H28N2O10.C10H10O2/c1-42-33(40)26-19-29(46-32(39)23-10-6-12-25(36)18-23)27(20-28(26)45-31(38)22-9-5-11-24(35)17-22)34(41)44-16-15-43-30(37)14-13-21-7-3-2-4-8-21;1-12-10(11)8-7-9-5-3-2-4-6-9/h2-14,17-20H,15-16,35-36H2,1H3;2-8H,1H3. The van der Waals surface area contributed by atoms with Crippen LogP contribution in [0.5, 0.6) is 11.5 Å². The van der Waals surface area contributed by atoms with Gasteiger partial charge in [-0.15, -0.1) is 0 Å². The number of nitrogens with two attached hydrogens (primary N) is 2. The fraction of sp³-hybridized carbons (Fsp3) is 0.0909. The van der Waals surface area contributed by atoms with Crippen molar-refractivity contribution in [1.29, 1.82) is 0 Å². The highest BCUT2D eigenvalue weighted by molar-refractivity contribution is 6.02. The second kappa shape index (κ2) is 21.8. The average molecular weight is 787 g/mol. The molecule has 0 aliphatic carbocycles. The van der Waals surface area contributed by atoms with Crippen molar-refractivity contribution in [3.8, 4) is 11.5 Å². The first kappa shape index (κ1) is 42.7. The number of carbonyl (C=O) groups is 6. The van der Waals surface area contributed by atoms with E-state index in [9.17, 15) is 28.8 Å². The molecule has 4 N–H and O–H groups in total. The maximum absolute atomic E-state index is 13.2. The van der Waals surface area contributed by atoms with Gasteiger partial charge in [-0.2, -0.15) is 0 Å². The van der Waals surface area contributed by atoms with Crippen molar-refractivity contribution in [3.63, 3.8) is 0 Å². The molecule has 0 amide bonds. The van der Waals surface area contributed by atoms with Gasteiger partial charge in [-0.3, -0.25) is 0 Å². The molecule has 58 heavy (non-hydrogen) atoms. The highest BCUT2D eigenvalue weighted by Crippen LogP contribution is 2.32. The fourth-order valence-corrected chi connectivity index (χ4v) is 4.73. The van der Waals surface area contributed by atoms with Crippen molar-refractivity contribution in [3.05, 3.63) is 167 Å². The lowest BCUT2D eigenvalue weighted by molar-refractivity contribution is -0.138. The average Bonchev–Trinajstić information content (AvgIpc) is 3.24. The molecule has 14 heteroatoms. The number of hydrogen-bond acceptors (Lipinski definition) is 14. The minimum absolute atomic E-state index is 0.0478. The van der Waals surface area contributed by atoms with Crippen LogP contribution in [0.4, 0.5) is 11.4 Å². The van der Waals surface area contributed by atoms with E-state index in [1.807, 2.05) is 48.5 Å². The van der Waals surface area contributed by atoms with E-state index in [2.05, 4.69) is 4.74 Å². The molecule has 0 spiro atoms. The number of hydrogen-bond donors (Lipinski definition) is 2. The molecule has 5 rings (SSSR count). The summed E-state index contributed by atoms with van der Waals surface area (Å²) in [5.74, 6) is -5.65. The number of nitrogen functional groups attached to an aromatic ring is 2. The minimum Gasteiger partial charge on any atom is -0.466 e. The summed E-state index contributed by atoms with van der Waals surface area (Å²) in [6.07, 6.45) is 5.89. The number of benzene rings is 5. The van der Waals surface area contributed by atoms with Gasteiger partial charge in [0.15, 0.2) is 0 Å². The number of methoxy groups -OCH3 is 2. The molecule has 0 aromatic heterocycles. The van der Waals surface area contributed by atoms with E-state index >= 15 is 0 Å². The van der Waals surface area contributed by atoms with Crippen molar-refractivity contribution in [2.45, 2.75) is 0 Å². The lowest BCUT2D eigenvalue weighted by atomic mass is 10.1. The number of rotatable bonds is 13. The first-order valence-corrected chi connectivity index (χ1v) is 17.3. The van der Waals surface area contributed by atoms with Gasteiger partial charge in [-0.25, -0.2) is 28.8 Å². The number of carbonyl (C=O) groups excluding carboxylic acids is 6. The zero-order chi connectivity index (χ0) is 41.9. The van der Waals surface area contributed by atoms with E-state index in [1.165, 1.54) is 55.7 Å². The van der Waals surface area contributed by atoms with Crippen LogP contribution in [-0.2, 0) is 28.5 Å². The predicted molar refractivity (Wildman–Crippen MR) is 214 cm³/mol. The van der Waals surface area contributed by atoms with Gasteiger partial charge in [0.1, 0.15) is 35.8 Å². The van der Waals surface area contributed by atoms with Crippen molar-refractivity contribution in [2.24, 2.45) is 0 Å². The summed E-state index contributed by atoms with van der Waals surface area (Å²) in [5, 5.41) is 0. The molecule has 0 bridgehead atoms. The van der Waals surface area contributed by atoms with E-state index in [0.717, 1.165) is 30.4 Å². The van der Waals surface area contributed by atoms with Gasteiger partial charge >= 0.3 is 35.8 Å². The van der Waals surface area contributed by atoms with Gasteiger partial charge < -0.3 is 39.9 Å². The summed E-state index contributed by atoms with van der Waals surface area (Å²) in [5.41, 5.74) is 13.2. The molecule has 0 atom stereocenters. The van der Waals surface area contributed by atoms with Crippen LogP contribution in [0.2, 0.25) is 0 Å². The monoisotopic (exact) mass is 786 g/mol. The Balaban J connectivity index is 0.000000530. The van der Waals surface area contributed by atoms with Crippen LogP contribution in [0.15, 0.2) is 133 Å². The molecule has 14 nitrogen and oxygen atoms in total. The number of anilines is 2. The zero-order valence-electron chi connectivity index (χ0n) is 31.3. The third kappa shape index (κ3) is 13.4. The largest absolute Gasteiger partial charge is 0.466 e. The molecule has 5 aromatic carbocycles. The highest BCUT2D eigenvalue weighted by atomic mass is 16.6.